The lowest BCUT2D eigenvalue weighted by molar-refractivity contribution is -0.143. The third-order valence-electron chi connectivity index (χ3n) is 4.78. The van der Waals surface area contributed by atoms with Crippen molar-refractivity contribution in [1.29, 1.82) is 0 Å². The van der Waals surface area contributed by atoms with Crippen LogP contribution in [-0.2, 0) is 12.4 Å². The molecule has 33 heavy (non-hydrogen) atoms. The van der Waals surface area contributed by atoms with Crippen LogP contribution in [-0.4, -0.2) is 21.7 Å². The zero-order valence-corrected chi connectivity index (χ0v) is 15.6. The van der Waals surface area contributed by atoms with Gasteiger partial charge in [0.1, 0.15) is 0 Å². The SMILES string of the molecule is O=C1N=C(c2cc(F)c(F)c(F)c2)c2c(O)[nH]c(-c3cc(C(F)(F)F)cc(C(F)(F)F)c3)c21. The van der Waals surface area contributed by atoms with Crippen molar-refractivity contribution in [3.63, 3.8) is 0 Å². The van der Waals surface area contributed by atoms with Crippen LogP contribution in [0, 0.1) is 17.5 Å². The van der Waals surface area contributed by atoms with Gasteiger partial charge in [0.05, 0.1) is 33.7 Å². The number of rotatable bonds is 2. The van der Waals surface area contributed by atoms with Gasteiger partial charge in [0, 0.05) is 11.1 Å². The van der Waals surface area contributed by atoms with Gasteiger partial charge in [0.2, 0.25) is 0 Å². The number of H-pyrrole nitrogens is 1. The van der Waals surface area contributed by atoms with Gasteiger partial charge in [-0.25, -0.2) is 18.2 Å². The smallest absolute Gasteiger partial charge is 0.416 e. The highest BCUT2D eigenvalue weighted by Crippen LogP contribution is 2.42. The van der Waals surface area contributed by atoms with E-state index in [-0.39, 0.29) is 6.07 Å². The average Bonchev–Trinajstić information content (AvgIpc) is 3.22. The predicted octanol–water partition coefficient (Wildman–Crippen LogP) is 5.83. The average molecular weight is 478 g/mol. The normalized spacial score (nSPS) is 14.0. The van der Waals surface area contributed by atoms with Gasteiger partial charge in [-0.05, 0) is 30.3 Å². The van der Waals surface area contributed by atoms with Gasteiger partial charge in [0.25, 0.3) is 5.91 Å². The minimum Gasteiger partial charge on any atom is -0.494 e. The Bertz CT molecular complexity index is 1300. The second kappa shape index (κ2) is 7.12. The van der Waals surface area contributed by atoms with E-state index in [1.165, 1.54) is 0 Å². The molecule has 0 atom stereocenters. The van der Waals surface area contributed by atoms with Crippen LogP contribution in [0.5, 0.6) is 5.88 Å². The number of benzene rings is 2. The van der Waals surface area contributed by atoms with E-state index in [1.807, 2.05) is 0 Å². The molecule has 2 N–H and O–H groups in total. The molecule has 13 heteroatoms. The van der Waals surface area contributed by atoms with Crippen molar-refractivity contribution in [3.05, 3.63) is 75.6 Å². The molecule has 1 amide bonds. The van der Waals surface area contributed by atoms with Crippen LogP contribution < -0.4 is 0 Å². The summed E-state index contributed by atoms with van der Waals surface area (Å²) in [5, 5.41) is 10.2. The zero-order valence-electron chi connectivity index (χ0n) is 15.6. The Kier molecular flexibility index (Phi) is 4.84. The maximum atomic E-state index is 13.6. The number of halogens is 9. The molecule has 172 valence electrons. The number of aromatic nitrogens is 1. The van der Waals surface area contributed by atoms with E-state index in [9.17, 15) is 49.4 Å². The first-order valence-corrected chi connectivity index (χ1v) is 8.71. The van der Waals surface area contributed by atoms with Crippen LogP contribution in [0.2, 0.25) is 0 Å². The minimum atomic E-state index is -5.18. The maximum Gasteiger partial charge on any atom is 0.416 e. The van der Waals surface area contributed by atoms with E-state index in [0.717, 1.165) is 0 Å². The highest BCUT2D eigenvalue weighted by Gasteiger charge is 2.39. The monoisotopic (exact) mass is 478 g/mol. The largest absolute Gasteiger partial charge is 0.494 e. The summed E-state index contributed by atoms with van der Waals surface area (Å²) in [6.07, 6.45) is -10.4. The number of amides is 1. The molecule has 0 fully saturated rings. The maximum absolute atomic E-state index is 13.6. The predicted molar refractivity (Wildman–Crippen MR) is 94.2 cm³/mol. The lowest BCUT2D eigenvalue weighted by Gasteiger charge is -2.14. The Hall–Kier alpha value is -3.77. The fraction of sp³-hybridized carbons (Fsp3) is 0.100. The number of nitrogens with zero attached hydrogens (tertiary/aromatic N) is 1. The lowest BCUT2D eigenvalue weighted by atomic mass is 9.97. The molecule has 0 saturated heterocycles. The molecule has 3 aromatic rings. The minimum absolute atomic E-state index is 0.125. The molecule has 0 saturated carbocycles. The third kappa shape index (κ3) is 3.72. The quantitative estimate of drug-likeness (QED) is 0.360. The van der Waals surface area contributed by atoms with E-state index < -0.39 is 86.4 Å². The van der Waals surface area contributed by atoms with Crippen LogP contribution in [0.3, 0.4) is 0 Å². The van der Waals surface area contributed by atoms with Gasteiger partial charge in [-0.1, -0.05) is 0 Å². The lowest BCUT2D eigenvalue weighted by Crippen LogP contribution is -2.11. The van der Waals surface area contributed by atoms with Crippen molar-refractivity contribution in [3.8, 4) is 17.1 Å². The molecule has 0 unspecified atom stereocenters. The number of carbonyl (C=O) groups excluding carboxylic acids is 1. The Labute approximate surface area is 177 Å². The summed E-state index contributed by atoms with van der Waals surface area (Å²) in [6.45, 7) is 0. The molecule has 0 aliphatic carbocycles. The second-order valence-corrected chi connectivity index (χ2v) is 6.91. The standard InChI is InChI=1S/C20H7F9N2O2/c21-10-3-7(4-11(22)14(10)23)16-13-12(17(32)31-16)15(30-18(13)33)6-1-8(19(24,25)26)5-9(2-6)20(27,28)29/h1-5,30,33H. The summed E-state index contributed by atoms with van der Waals surface area (Å²) in [4.78, 5) is 18.0. The Morgan fingerprint density at radius 3 is 1.76 bits per heavy atom. The van der Waals surface area contributed by atoms with Crippen molar-refractivity contribution < 1.29 is 49.4 Å². The Balaban J connectivity index is 1.93. The fourth-order valence-corrected chi connectivity index (χ4v) is 3.36. The number of hydrogen-bond acceptors (Lipinski definition) is 2. The van der Waals surface area contributed by atoms with Crippen LogP contribution in [0.15, 0.2) is 35.3 Å². The van der Waals surface area contributed by atoms with E-state index >= 15 is 0 Å². The number of fused-ring (bicyclic) bond motifs is 1. The van der Waals surface area contributed by atoms with Gasteiger partial charge >= 0.3 is 12.4 Å². The van der Waals surface area contributed by atoms with E-state index in [4.69, 9.17) is 0 Å². The van der Waals surface area contributed by atoms with E-state index in [2.05, 4.69) is 9.98 Å². The number of aromatic hydroxyl groups is 1. The number of alkyl halides is 6. The molecule has 4 nitrogen and oxygen atoms in total. The number of nitrogens with one attached hydrogen (secondary N) is 1. The molecule has 2 aromatic carbocycles. The third-order valence-corrected chi connectivity index (χ3v) is 4.78. The van der Waals surface area contributed by atoms with Crippen LogP contribution in [0.1, 0.15) is 32.6 Å². The fourth-order valence-electron chi connectivity index (χ4n) is 3.36. The van der Waals surface area contributed by atoms with Gasteiger partial charge in [-0.3, -0.25) is 4.79 Å². The van der Waals surface area contributed by atoms with Gasteiger partial charge in [-0.2, -0.15) is 26.3 Å². The number of aromatic amines is 1. The van der Waals surface area contributed by atoms with Crippen molar-refractivity contribution in [2.75, 3.05) is 0 Å². The van der Waals surface area contributed by atoms with E-state index in [1.54, 1.807) is 0 Å². The summed E-state index contributed by atoms with van der Waals surface area (Å²) in [6, 6.07) is 1.43. The number of hydrogen-bond donors (Lipinski definition) is 2. The Morgan fingerprint density at radius 2 is 1.27 bits per heavy atom. The number of carbonyl (C=O) groups is 1. The van der Waals surface area contributed by atoms with Crippen LogP contribution in [0.25, 0.3) is 11.3 Å². The first-order valence-electron chi connectivity index (χ1n) is 8.71. The highest BCUT2D eigenvalue weighted by molar-refractivity contribution is 6.30. The molecule has 0 bridgehead atoms. The zero-order chi connectivity index (χ0) is 24.5. The van der Waals surface area contributed by atoms with Gasteiger partial charge < -0.3 is 10.1 Å². The molecule has 0 spiro atoms. The number of aliphatic imine (C=N–C) groups is 1. The van der Waals surface area contributed by atoms with Crippen LogP contribution in [0.4, 0.5) is 39.5 Å². The molecule has 2 heterocycles. The first kappa shape index (κ1) is 22.4. The van der Waals surface area contributed by atoms with Crippen molar-refractivity contribution in [2.24, 2.45) is 4.99 Å². The van der Waals surface area contributed by atoms with Crippen molar-refractivity contribution >= 4 is 11.6 Å². The summed E-state index contributed by atoms with van der Waals surface area (Å²) in [5.41, 5.74) is -6.95. The molecule has 1 aliphatic rings. The summed E-state index contributed by atoms with van der Waals surface area (Å²) < 4.78 is 120. The molecule has 0 radical (unpaired) electrons. The Morgan fingerprint density at radius 1 is 0.758 bits per heavy atom. The topological polar surface area (TPSA) is 65.4 Å². The van der Waals surface area contributed by atoms with Crippen molar-refractivity contribution in [1.82, 2.24) is 4.98 Å². The second-order valence-electron chi connectivity index (χ2n) is 6.91. The van der Waals surface area contributed by atoms with Crippen LogP contribution >= 0.6 is 0 Å². The van der Waals surface area contributed by atoms with Gasteiger partial charge in [-0.15, -0.1) is 0 Å². The van der Waals surface area contributed by atoms with Crippen molar-refractivity contribution in [2.45, 2.75) is 12.4 Å². The molecule has 4 rings (SSSR count). The summed E-state index contributed by atoms with van der Waals surface area (Å²) in [7, 11) is 0. The highest BCUT2D eigenvalue weighted by atomic mass is 19.4. The molecular formula is C20H7F9N2O2. The molecular weight excluding hydrogens is 471 g/mol. The summed E-state index contributed by atoms with van der Waals surface area (Å²) in [5.74, 6) is -7.28. The van der Waals surface area contributed by atoms with E-state index in [0.29, 0.717) is 24.3 Å². The molecule has 1 aliphatic heterocycles. The van der Waals surface area contributed by atoms with Gasteiger partial charge in [0.15, 0.2) is 23.3 Å². The first-order chi connectivity index (χ1) is 15.2. The molecule has 1 aromatic heterocycles. The summed E-state index contributed by atoms with van der Waals surface area (Å²) >= 11 is 0.